The Labute approximate surface area is 124 Å². The number of hydrogen-bond acceptors (Lipinski definition) is 4. The molecule has 19 heavy (non-hydrogen) atoms. The van der Waals surface area contributed by atoms with Crippen LogP contribution >= 0.6 is 27.3 Å². The molecule has 0 atom stereocenters. The minimum absolute atomic E-state index is 0.285. The maximum atomic E-state index is 11.7. The van der Waals surface area contributed by atoms with Crippen LogP contribution in [0, 0.1) is 0 Å². The van der Waals surface area contributed by atoms with E-state index >= 15 is 0 Å². The molecule has 0 N–H and O–H groups in total. The van der Waals surface area contributed by atoms with Crippen LogP contribution in [-0.4, -0.2) is 22.9 Å². The van der Waals surface area contributed by atoms with Gasteiger partial charge in [0.1, 0.15) is 4.88 Å². The first-order valence-electron chi connectivity index (χ1n) is 5.97. The molecule has 0 bridgehead atoms. The second kappa shape index (κ2) is 5.88. The average molecular weight is 343 g/mol. The Morgan fingerprint density at radius 3 is 2.84 bits per heavy atom. The van der Waals surface area contributed by atoms with Crippen LogP contribution in [0.3, 0.4) is 0 Å². The zero-order valence-corrected chi connectivity index (χ0v) is 13.5. The quantitative estimate of drug-likeness (QED) is 0.796. The van der Waals surface area contributed by atoms with E-state index < -0.39 is 0 Å². The summed E-state index contributed by atoms with van der Waals surface area (Å²) in [6.45, 7) is 2.12. The van der Waals surface area contributed by atoms with Crippen LogP contribution in [0.5, 0.6) is 0 Å². The van der Waals surface area contributed by atoms with Crippen molar-refractivity contribution in [3.8, 4) is 11.3 Å². The average Bonchev–Trinajstić information content (AvgIpc) is 2.93. The number of nitrogens with zero attached hydrogens (tertiary/aromatic N) is 2. The normalized spacial score (nSPS) is 10.7. The molecule has 0 aliphatic rings. The van der Waals surface area contributed by atoms with Crippen LogP contribution < -0.4 is 0 Å². The van der Waals surface area contributed by atoms with Crippen LogP contribution in [0.15, 0.2) is 16.7 Å². The molecule has 2 rings (SSSR count). The minimum atomic E-state index is -0.285. The fraction of sp³-hybridized carbons (Fsp3) is 0.385. The van der Waals surface area contributed by atoms with Gasteiger partial charge in [-0.05, 0) is 28.4 Å². The number of hydrogen-bond donors (Lipinski definition) is 0. The third-order valence-corrected chi connectivity index (χ3v) is 4.58. The van der Waals surface area contributed by atoms with E-state index in [-0.39, 0.29) is 5.97 Å². The van der Waals surface area contributed by atoms with E-state index in [4.69, 9.17) is 4.74 Å². The van der Waals surface area contributed by atoms with Crippen molar-refractivity contribution in [2.24, 2.45) is 7.05 Å². The number of rotatable bonds is 4. The predicted molar refractivity (Wildman–Crippen MR) is 79.6 cm³/mol. The van der Waals surface area contributed by atoms with Gasteiger partial charge in [0.15, 0.2) is 0 Å². The summed E-state index contributed by atoms with van der Waals surface area (Å²) in [5.41, 5.74) is 2.05. The zero-order valence-electron chi connectivity index (χ0n) is 11.1. The van der Waals surface area contributed by atoms with E-state index in [0.29, 0.717) is 4.88 Å². The van der Waals surface area contributed by atoms with Gasteiger partial charge in [0.25, 0.3) is 0 Å². The molecule has 0 unspecified atom stereocenters. The lowest BCUT2D eigenvalue weighted by Crippen LogP contribution is -1.97. The van der Waals surface area contributed by atoms with Gasteiger partial charge in [-0.2, -0.15) is 5.10 Å². The van der Waals surface area contributed by atoms with Crippen molar-refractivity contribution in [2.75, 3.05) is 7.11 Å². The van der Waals surface area contributed by atoms with Crippen molar-refractivity contribution in [3.05, 3.63) is 26.5 Å². The van der Waals surface area contributed by atoms with E-state index in [2.05, 4.69) is 28.0 Å². The number of carbonyl (C=O) groups is 1. The Morgan fingerprint density at radius 2 is 2.32 bits per heavy atom. The first-order valence-corrected chi connectivity index (χ1v) is 7.58. The van der Waals surface area contributed by atoms with Crippen molar-refractivity contribution < 1.29 is 9.53 Å². The first-order chi connectivity index (χ1) is 9.08. The molecule has 102 valence electrons. The third-order valence-electron chi connectivity index (χ3n) is 2.82. The summed E-state index contributed by atoms with van der Waals surface area (Å²) in [5.74, 6) is -0.285. The number of ether oxygens (including phenoxy) is 1. The highest BCUT2D eigenvalue weighted by molar-refractivity contribution is 9.10. The number of aryl methyl sites for hydroxylation is 2. The van der Waals surface area contributed by atoms with Gasteiger partial charge in [-0.25, -0.2) is 4.79 Å². The summed E-state index contributed by atoms with van der Waals surface area (Å²) in [7, 11) is 3.30. The molecule has 0 aliphatic carbocycles. The van der Waals surface area contributed by atoms with E-state index in [1.54, 1.807) is 6.20 Å². The molecule has 0 amide bonds. The van der Waals surface area contributed by atoms with Gasteiger partial charge in [0.2, 0.25) is 0 Å². The summed E-state index contributed by atoms with van der Waals surface area (Å²) < 4.78 is 7.54. The van der Waals surface area contributed by atoms with E-state index in [1.165, 1.54) is 23.3 Å². The highest BCUT2D eigenvalue weighted by Crippen LogP contribution is 2.36. The largest absolute Gasteiger partial charge is 0.465 e. The minimum Gasteiger partial charge on any atom is -0.465 e. The first kappa shape index (κ1) is 14.3. The molecule has 0 aromatic carbocycles. The van der Waals surface area contributed by atoms with Crippen molar-refractivity contribution >= 4 is 33.2 Å². The van der Waals surface area contributed by atoms with Crippen molar-refractivity contribution in [1.82, 2.24) is 9.78 Å². The Morgan fingerprint density at radius 1 is 1.58 bits per heavy atom. The topological polar surface area (TPSA) is 44.1 Å². The number of aromatic nitrogens is 2. The van der Waals surface area contributed by atoms with Gasteiger partial charge >= 0.3 is 5.97 Å². The van der Waals surface area contributed by atoms with Gasteiger partial charge in [-0.1, -0.05) is 13.3 Å². The van der Waals surface area contributed by atoms with Gasteiger partial charge in [-0.15, -0.1) is 11.3 Å². The Kier molecular flexibility index (Phi) is 4.42. The lowest BCUT2D eigenvalue weighted by molar-refractivity contribution is 0.0606. The summed E-state index contributed by atoms with van der Waals surface area (Å²) in [4.78, 5) is 13.5. The fourth-order valence-corrected chi connectivity index (χ4v) is 3.70. The molecule has 2 aromatic heterocycles. The lowest BCUT2D eigenvalue weighted by atomic mass is 10.1. The lowest BCUT2D eigenvalue weighted by Gasteiger charge is -2.04. The highest BCUT2D eigenvalue weighted by Gasteiger charge is 2.19. The maximum absolute atomic E-state index is 11.7. The third kappa shape index (κ3) is 2.74. The number of methoxy groups -OCH3 is 1. The van der Waals surface area contributed by atoms with Gasteiger partial charge in [0.05, 0.1) is 23.5 Å². The van der Waals surface area contributed by atoms with Gasteiger partial charge in [0, 0.05) is 17.5 Å². The van der Waals surface area contributed by atoms with Crippen molar-refractivity contribution in [2.45, 2.75) is 19.8 Å². The van der Waals surface area contributed by atoms with Crippen LogP contribution in [0.1, 0.15) is 27.9 Å². The van der Waals surface area contributed by atoms with Crippen LogP contribution in [-0.2, 0) is 18.2 Å². The smallest absolute Gasteiger partial charge is 0.348 e. The summed E-state index contributed by atoms with van der Waals surface area (Å²) in [6, 6.07) is 1.89. The summed E-state index contributed by atoms with van der Waals surface area (Å²) >= 11 is 5.00. The second-order valence-electron chi connectivity index (χ2n) is 4.15. The maximum Gasteiger partial charge on any atom is 0.348 e. The SMILES string of the molecule is CCCc1sc(C(=O)OC)cc1-c1c(Br)cnn1C. The van der Waals surface area contributed by atoms with E-state index in [0.717, 1.165) is 28.6 Å². The number of thiophene rings is 1. The summed E-state index contributed by atoms with van der Waals surface area (Å²) in [5, 5.41) is 4.23. The van der Waals surface area contributed by atoms with E-state index in [9.17, 15) is 4.79 Å². The number of carbonyl (C=O) groups excluding carboxylic acids is 1. The molecule has 0 saturated carbocycles. The van der Waals surface area contributed by atoms with Crippen molar-refractivity contribution in [3.63, 3.8) is 0 Å². The standard InChI is InChI=1S/C13H15BrN2O2S/c1-4-5-10-8(6-11(19-10)13(17)18-3)12-9(14)7-15-16(12)2/h6-7H,4-5H2,1-3H3. The molecule has 0 saturated heterocycles. The molecule has 0 radical (unpaired) electrons. The predicted octanol–water partition coefficient (Wildman–Crippen LogP) is 3.65. The van der Waals surface area contributed by atoms with Crippen molar-refractivity contribution in [1.29, 1.82) is 0 Å². The molecule has 6 heteroatoms. The molecule has 0 spiro atoms. The zero-order chi connectivity index (χ0) is 14.0. The Bertz CT molecular complexity index is 584. The Balaban J connectivity index is 2.55. The van der Waals surface area contributed by atoms with Gasteiger partial charge in [-0.3, -0.25) is 4.68 Å². The highest BCUT2D eigenvalue weighted by atomic mass is 79.9. The molecule has 0 aliphatic heterocycles. The summed E-state index contributed by atoms with van der Waals surface area (Å²) in [6.07, 6.45) is 3.73. The van der Waals surface area contributed by atoms with Crippen LogP contribution in [0.25, 0.3) is 11.3 Å². The molecule has 0 fully saturated rings. The van der Waals surface area contributed by atoms with E-state index in [1.807, 2.05) is 17.8 Å². The molecule has 4 nitrogen and oxygen atoms in total. The fourth-order valence-electron chi connectivity index (χ4n) is 1.96. The van der Waals surface area contributed by atoms with Crippen LogP contribution in [0.4, 0.5) is 0 Å². The number of halogens is 1. The molecular formula is C13H15BrN2O2S. The molecular weight excluding hydrogens is 328 g/mol. The second-order valence-corrected chi connectivity index (χ2v) is 6.14. The molecule has 2 heterocycles. The Hall–Kier alpha value is -1.14. The number of esters is 1. The molecule has 2 aromatic rings. The van der Waals surface area contributed by atoms with Gasteiger partial charge < -0.3 is 4.74 Å². The monoisotopic (exact) mass is 342 g/mol. The van der Waals surface area contributed by atoms with Crippen LogP contribution in [0.2, 0.25) is 0 Å².